The number of aryl methyl sites for hydroxylation is 2. The fourth-order valence-electron chi connectivity index (χ4n) is 3.70. The Labute approximate surface area is 190 Å². The summed E-state index contributed by atoms with van der Waals surface area (Å²) in [5.41, 5.74) is 6.04. The molecule has 0 aliphatic carbocycles. The molecule has 5 nitrogen and oxygen atoms in total. The highest BCUT2D eigenvalue weighted by Gasteiger charge is 2.14. The predicted molar refractivity (Wildman–Crippen MR) is 128 cm³/mol. The Morgan fingerprint density at radius 3 is 2.19 bits per heavy atom. The molecular weight excluding hydrogens is 424 g/mol. The molecule has 0 aromatic heterocycles. The molecule has 0 saturated carbocycles. The number of hydrogen-bond donors (Lipinski definition) is 1. The summed E-state index contributed by atoms with van der Waals surface area (Å²) in [4.78, 5) is 0. The molecule has 32 heavy (non-hydrogen) atoms. The van der Waals surface area contributed by atoms with Crippen LogP contribution in [0, 0.1) is 13.8 Å². The van der Waals surface area contributed by atoms with E-state index < -0.39 is 9.84 Å². The highest BCUT2D eigenvalue weighted by molar-refractivity contribution is 7.90. The van der Waals surface area contributed by atoms with E-state index >= 15 is 0 Å². The van der Waals surface area contributed by atoms with Gasteiger partial charge in [0.1, 0.15) is 27.9 Å². The van der Waals surface area contributed by atoms with Gasteiger partial charge in [-0.3, -0.25) is 0 Å². The second kappa shape index (κ2) is 10.7. The Hall–Kier alpha value is -2.83. The molecule has 6 heteroatoms. The molecule has 3 rings (SSSR count). The number of sulfone groups is 1. The van der Waals surface area contributed by atoms with Gasteiger partial charge in [-0.2, -0.15) is 0 Å². The minimum Gasteiger partial charge on any atom is -0.494 e. The largest absolute Gasteiger partial charge is 0.494 e. The molecule has 3 aromatic rings. The Balaban J connectivity index is 1.85. The van der Waals surface area contributed by atoms with Crippen LogP contribution < -0.4 is 9.47 Å². The third-order valence-corrected chi connectivity index (χ3v) is 6.23. The molecule has 1 N–H and O–H groups in total. The van der Waals surface area contributed by atoms with E-state index in [4.69, 9.17) is 9.47 Å². The van der Waals surface area contributed by atoms with Crippen molar-refractivity contribution in [2.24, 2.45) is 0 Å². The molecule has 0 atom stereocenters. The van der Waals surface area contributed by atoms with Crippen LogP contribution in [0.4, 0.5) is 0 Å². The van der Waals surface area contributed by atoms with Crippen LogP contribution >= 0.6 is 0 Å². The fourth-order valence-corrected chi connectivity index (χ4v) is 4.34. The Bertz CT molecular complexity index is 1130. The Morgan fingerprint density at radius 2 is 1.56 bits per heavy atom. The lowest BCUT2D eigenvalue weighted by molar-refractivity contribution is 0.281. The lowest BCUT2D eigenvalue weighted by atomic mass is 9.91. The lowest BCUT2D eigenvalue weighted by Gasteiger charge is -2.18. The van der Waals surface area contributed by atoms with Gasteiger partial charge in [0.05, 0.1) is 19.0 Å². The Morgan fingerprint density at radius 1 is 0.875 bits per heavy atom. The SMILES string of the molecule is Cc1cc(OCCCS(C)(=O)=O)cc(C)c1-c1cc(CO)ccc1COc1ccccc1. The molecule has 170 valence electrons. The van der Waals surface area contributed by atoms with Gasteiger partial charge in [-0.1, -0.05) is 30.3 Å². The molecule has 0 bridgehead atoms. The number of benzene rings is 3. The summed E-state index contributed by atoms with van der Waals surface area (Å²) >= 11 is 0. The molecule has 0 heterocycles. The fraction of sp³-hybridized carbons (Fsp3) is 0.308. The van der Waals surface area contributed by atoms with Crippen molar-refractivity contribution in [3.8, 4) is 22.6 Å². The van der Waals surface area contributed by atoms with Crippen molar-refractivity contribution in [3.05, 3.63) is 82.9 Å². The van der Waals surface area contributed by atoms with Gasteiger partial charge in [0.2, 0.25) is 0 Å². The predicted octanol–water partition coefficient (Wildman–Crippen LogP) is 4.86. The van der Waals surface area contributed by atoms with E-state index in [0.717, 1.165) is 44.9 Å². The van der Waals surface area contributed by atoms with Crippen LogP contribution in [-0.2, 0) is 23.1 Å². The molecule has 0 spiro atoms. The monoisotopic (exact) mass is 454 g/mol. The van der Waals surface area contributed by atoms with Crippen molar-refractivity contribution < 1.29 is 23.0 Å². The quantitative estimate of drug-likeness (QED) is 0.443. The lowest BCUT2D eigenvalue weighted by Crippen LogP contribution is -2.08. The number of rotatable bonds is 10. The second-order valence-electron chi connectivity index (χ2n) is 8.02. The molecule has 0 aliphatic rings. The first-order valence-electron chi connectivity index (χ1n) is 10.6. The van der Waals surface area contributed by atoms with E-state index in [-0.39, 0.29) is 12.4 Å². The normalized spacial score (nSPS) is 11.4. The van der Waals surface area contributed by atoms with Crippen molar-refractivity contribution >= 4 is 9.84 Å². The van der Waals surface area contributed by atoms with Gasteiger partial charge >= 0.3 is 0 Å². The molecular formula is C26H30O5S. The number of aliphatic hydroxyl groups excluding tert-OH is 1. The van der Waals surface area contributed by atoms with E-state index in [1.165, 1.54) is 6.26 Å². The van der Waals surface area contributed by atoms with Crippen molar-refractivity contribution in [2.45, 2.75) is 33.5 Å². The van der Waals surface area contributed by atoms with E-state index in [9.17, 15) is 13.5 Å². The van der Waals surface area contributed by atoms with E-state index in [1.54, 1.807) is 0 Å². The summed E-state index contributed by atoms with van der Waals surface area (Å²) in [7, 11) is -2.99. The number of ether oxygens (including phenoxy) is 2. The maximum Gasteiger partial charge on any atom is 0.147 e. The van der Waals surface area contributed by atoms with Gasteiger partial charge in [0, 0.05) is 6.26 Å². The minimum atomic E-state index is -2.99. The topological polar surface area (TPSA) is 72.8 Å². The van der Waals surface area contributed by atoms with Crippen molar-refractivity contribution in [2.75, 3.05) is 18.6 Å². The van der Waals surface area contributed by atoms with E-state index in [1.807, 2.05) is 74.5 Å². The molecule has 3 aromatic carbocycles. The number of aliphatic hydroxyl groups is 1. The van der Waals surface area contributed by atoms with E-state index in [0.29, 0.717) is 19.6 Å². The maximum atomic E-state index is 11.3. The second-order valence-corrected chi connectivity index (χ2v) is 10.3. The third kappa shape index (κ3) is 6.58. The van der Waals surface area contributed by atoms with Crippen LogP contribution in [0.2, 0.25) is 0 Å². The van der Waals surface area contributed by atoms with Crippen LogP contribution in [0.5, 0.6) is 11.5 Å². The summed E-state index contributed by atoms with van der Waals surface area (Å²) in [5, 5.41) is 9.67. The standard InChI is InChI=1S/C26H30O5S/c1-19-14-24(30-12-7-13-32(3,28)29)15-20(2)26(19)25-16-21(17-27)10-11-22(25)18-31-23-8-5-4-6-9-23/h4-6,8-11,14-16,27H,7,12-13,17-18H2,1-3H3. The molecule has 0 saturated heterocycles. The third-order valence-electron chi connectivity index (χ3n) is 5.20. The number of para-hydroxylation sites is 1. The summed E-state index contributed by atoms with van der Waals surface area (Å²) in [5.74, 6) is 1.63. The van der Waals surface area contributed by atoms with Crippen molar-refractivity contribution in [1.82, 2.24) is 0 Å². The van der Waals surface area contributed by atoms with Crippen molar-refractivity contribution in [1.29, 1.82) is 0 Å². The summed E-state index contributed by atoms with van der Waals surface area (Å²) in [6.45, 7) is 4.78. The molecule has 0 aliphatic heterocycles. The average Bonchev–Trinajstić information content (AvgIpc) is 2.75. The molecule has 0 amide bonds. The zero-order valence-corrected chi connectivity index (χ0v) is 19.6. The summed E-state index contributed by atoms with van der Waals surface area (Å²) in [6, 6.07) is 19.5. The van der Waals surface area contributed by atoms with Gasteiger partial charge in [-0.25, -0.2) is 8.42 Å². The van der Waals surface area contributed by atoms with Crippen LogP contribution in [0.1, 0.15) is 28.7 Å². The van der Waals surface area contributed by atoms with Crippen LogP contribution in [0.3, 0.4) is 0 Å². The zero-order chi connectivity index (χ0) is 23.1. The minimum absolute atomic E-state index is 0.0353. The van der Waals surface area contributed by atoms with Crippen molar-refractivity contribution in [3.63, 3.8) is 0 Å². The first-order chi connectivity index (χ1) is 15.3. The Kier molecular flexibility index (Phi) is 7.94. The molecule has 0 radical (unpaired) electrons. The van der Waals surface area contributed by atoms with Gasteiger partial charge in [-0.15, -0.1) is 0 Å². The summed E-state index contributed by atoms with van der Waals surface area (Å²) < 4.78 is 34.4. The summed E-state index contributed by atoms with van der Waals surface area (Å²) in [6.07, 6.45) is 1.69. The van der Waals surface area contributed by atoms with Crippen LogP contribution in [-0.4, -0.2) is 32.1 Å². The van der Waals surface area contributed by atoms with Gasteiger partial charge in [0.15, 0.2) is 0 Å². The number of hydrogen-bond acceptors (Lipinski definition) is 5. The zero-order valence-electron chi connectivity index (χ0n) is 18.8. The average molecular weight is 455 g/mol. The highest BCUT2D eigenvalue weighted by atomic mass is 32.2. The van der Waals surface area contributed by atoms with Gasteiger partial charge in [0.25, 0.3) is 0 Å². The smallest absolute Gasteiger partial charge is 0.147 e. The highest BCUT2D eigenvalue weighted by Crippen LogP contribution is 2.34. The van der Waals surface area contributed by atoms with Gasteiger partial charge in [-0.05, 0) is 84.0 Å². The molecule has 0 unspecified atom stereocenters. The maximum absolute atomic E-state index is 11.3. The van der Waals surface area contributed by atoms with Gasteiger partial charge < -0.3 is 14.6 Å². The van der Waals surface area contributed by atoms with Crippen LogP contribution in [0.15, 0.2) is 60.7 Å². The van der Waals surface area contributed by atoms with E-state index in [2.05, 4.69) is 0 Å². The molecule has 0 fully saturated rings. The van der Waals surface area contributed by atoms with Crippen LogP contribution in [0.25, 0.3) is 11.1 Å². The first kappa shape index (κ1) is 23.8. The first-order valence-corrected chi connectivity index (χ1v) is 12.7.